The van der Waals surface area contributed by atoms with E-state index in [1.807, 2.05) is 6.92 Å². The number of piperidine rings is 1. The minimum Gasteiger partial charge on any atom is -0.484 e. The van der Waals surface area contributed by atoms with Crippen molar-refractivity contribution < 1.29 is 23.8 Å². The minimum atomic E-state index is -0.893. The molecule has 1 N–H and O–H groups in total. The highest BCUT2D eigenvalue weighted by atomic mass is 35.5. The molecule has 0 aliphatic carbocycles. The standard InChI is InChI=1S/C15H17ClFNO4/c1-9-4-10(15(20)21)7-18(6-9)14(19)8-22-11-2-3-13(17)12(16)5-11/h2-3,5,9-10H,4,6-8H2,1H3,(H,20,21). The smallest absolute Gasteiger partial charge is 0.308 e. The van der Waals surface area contributed by atoms with Gasteiger partial charge in [-0.15, -0.1) is 0 Å². The predicted octanol–water partition coefficient (Wildman–Crippen LogP) is 2.43. The second-order valence-electron chi connectivity index (χ2n) is 5.54. The Bertz CT molecular complexity index is 581. The maximum absolute atomic E-state index is 13.0. The van der Waals surface area contributed by atoms with E-state index in [9.17, 15) is 14.0 Å². The molecule has 22 heavy (non-hydrogen) atoms. The Morgan fingerprint density at radius 2 is 2.18 bits per heavy atom. The largest absolute Gasteiger partial charge is 0.484 e. The lowest BCUT2D eigenvalue weighted by molar-refractivity contribution is -0.147. The summed E-state index contributed by atoms with van der Waals surface area (Å²) in [6.07, 6.45) is 0.563. The molecular formula is C15H17ClFNO4. The van der Waals surface area contributed by atoms with E-state index in [0.29, 0.717) is 18.7 Å². The predicted molar refractivity (Wildman–Crippen MR) is 78.4 cm³/mol. The van der Waals surface area contributed by atoms with Crippen molar-refractivity contribution >= 4 is 23.5 Å². The van der Waals surface area contributed by atoms with E-state index in [0.717, 1.165) is 6.07 Å². The average Bonchev–Trinajstić information content (AvgIpc) is 2.47. The third kappa shape index (κ3) is 4.10. The van der Waals surface area contributed by atoms with Crippen LogP contribution in [0.2, 0.25) is 5.02 Å². The van der Waals surface area contributed by atoms with Crippen molar-refractivity contribution in [1.82, 2.24) is 4.90 Å². The first kappa shape index (κ1) is 16.5. The van der Waals surface area contributed by atoms with Gasteiger partial charge in [0.05, 0.1) is 10.9 Å². The molecule has 120 valence electrons. The van der Waals surface area contributed by atoms with Gasteiger partial charge in [-0.3, -0.25) is 9.59 Å². The van der Waals surface area contributed by atoms with Crippen LogP contribution < -0.4 is 4.74 Å². The lowest BCUT2D eigenvalue weighted by Crippen LogP contribution is -2.47. The van der Waals surface area contributed by atoms with Gasteiger partial charge in [-0.2, -0.15) is 0 Å². The maximum Gasteiger partial charge on any atom is 0.308 e. The summed E-state index contributed by atoms with van der Waals surface area (Å²) < 4.78 is 18.3. The monoisotopic (exact) mass is 329 g/mol. The van der Waals surface area contributed by atoms with E-state index in [-0.39, 0.29) is 30.0 Å². The van der Waals surface area contributed by atoms with Crippen LogP contribution in [0.4, 0.5) is 4.39 Å². The summed E-state index contributed by atoms with van der Waals surface area (Å²) in [6.45, 7) is 2.37. The average molecular weight is 330 g/mol. The van der Waals surface area contributed by atoms with E-state index in [2.05, 4.69) is 0 Å². The fourth-order valence-corrected chi connectivity index (χ4v) is 2.71. The van der Waals surface area contributed by atoms with Crippen molar-refractivity contribution in [3.05, 3.63) is 29.0 Å². The molecule has 1 heterocycles. The van der Waals surface area contributed by atoms with Gasteiger partial charge in [-0.05, 0) is 24.5 Å². The van der Waals surface area contributed by atoms with Crippen molar-refractivity contribution in [2.75, 3.05) is 19.7 Å². The van der Waals surface area contributed by atoms with Crippen LogP contribution in [0.3, 0.4) is 0 Å². The van der Waals surface area contributed by atoms with Crippen molar-refractivity contribution in [2.45, 2.75) is 13.3 Å². The number of carbonyl (C=O) groups is 2. The molecule has 2 unspecified atom stereocenters. The number of benzene rings is 1. The molecule has 0 radical (unpaired) electrons. The fourth-order valence-electron chi connectivity index (χ4n) is 2.54. The van der Waals surface area contributed by atoms with Crippen LogP contribution in [-0.2, 0) is 9.59 Å². The Balaban J connectivity index is 1.93. The summed E-state index contributed by atoms with van der Waals surface area (Å²) in [7, 11) is 0. The molecule has 0 aromatic heterocycles. The highest BCUT2D eigenvalue weighted by Crippen LogP contribution is 2.23. The van der Waals surface area contributed by atoms with Gasteiger partial charge in [0.25, 0.3) is 5.91 Å². The van der Waals surface area contributed by atoms with Crippen molar-refractivity contribution in [2.24, 2.45) is 11.8 Å². The summed E-state index contributed by atoms with van der Waals surface area (Å²) in [5, 5.41) is 9.02. The number of carbonyl (C=O) groups excluding carboxylic acids is 1. The first-order valence-corrected chi connectivity index (χ1v) is 7.33. The summed E-state index contributed by atoms with van der Waals surface area (Å²) >= 11 is 5.64. The van der Waals surface area contributed by atoms with Crippen LogP contribution in [0.25, 0.3) is 0 Å². The number of carboxylic acids is 1. The summed E-state index contributed by atoms with van der Waals surface area (Å²) in [5.74, 6) is -1.88. The lowest BCUT2D eigenvalue weighted by Gasteiger charge is -2.34. The van der Waals surface area contributed by atoms with E-state index in [4.69, 9.17) is 21.4 Å². The van der Waals surface area contributed by atoms with Crippen LogP contribution in [0.1, 0.15) is 13.3 Å². The maximum atomic E-state index is 13.0. The third-order valence-electron chi connectivity index (χ3n) is 3.62. The van der Waals surface area contributed by atoms with Crippen LogP contribution in [-0.4, -0.2) is 41.6 Å². The van der Waals surface area contributed by atoms with E-state index < -0.39 is 17.7 Å². The van der Waals surface area contributed by atoms with Gasteiger partial charge in [-0.1, -0.05) is 18.5 Å². The number of halogens is 2. The van der Waals surface area contributed by atoms with Crippen LogP contribution in [0.15, 0.2) is 18.2 Å². The third-order valence-corrected chi connectivity index (χ3v) is 3.90. The van der Waals surface area contributed by atoms with Crippen LogP contribution in [0.5, 0.6) is 5.75 Å². The molecule has 1 aliphatic heterocycles. The van der Waals surface area contributed by atoms with Gasteiger partial charge in [-0.25, -0.2) is 4.39 Å². The number of rotatable bonds is 4. The van der Waals surface area contributed by atoms with Crippen LogP contribution in [0, 0.1) is 17.7 Å². The molecule has 0 bridgehead atoms. The van der Waals surface area contributed by atoms with E-state index in [1.54, 1.807) is 0 Å². The zero-order valence-electron chi connectivity index (χ0n) is 12.1. The number of ether oxygens (including phenoxy) is 1. The van der Waals surface area contributed by atoms with Crippen LogP contribution >= 0.6 is 11.6 Å². The minimum absolute atomic E-state index is 0.0810. The molecule has 2 rings (SSSR count). The number of hydrogen-bond donors (Lipinski definition) is 1. The van der Waals surface area contributed by atoms with Gasteiger partial charge in [0.2, 0.25) is 0 Å². The molecule has 0 spiro atoms. The molecule has 2 atom stereocenters. The normalized spacial score (nSPS) is 21.5. The Morgan fingerprint density at radius 3 is 2.82 bits per heavy atom. The first-order valence-electron chi connectivity index (χ1n) is 6.95. The first-order chi connectivity index (χ1) is 10.4. The van der Waals surface area contributed by atoms with Crippen molar-refractivity contribution in [3.8, 4) is 5.75 Å². The van der Waals surface area contributed by atoms with E-state index in [1.165, 1.54) is 17.0 Å². The van der Waals surface area contributed by atoms with Gasteiger partial charge in [0.15, 0.2) is 6.61 Å². The Morgan fingerprint density at radius 1 is 1.45 bits per heavy atom. The molecule has 1 saturated heterocycles. The SMILES string of the molecule is CC1CC(C(=O)O)CN(C(=O)COc2ccc(F)c(Cl)c2)C1. The molecule has 1 amide bonds. The number of likely N-dealkylation sites (tertiary alicyclic amines) is 1. The molecule has 1 aromatic rings. The topological polar surface area (TPSA) is 66.8 Å². The van der Waals surface area contributed by atoms with Crippen molar-refractivity contribution in [3.63, 3.8) is 0 Å². The zero-order chi connectivity index (χ0) is 16.3. The molecule has 7 heteroatoms. The number of hydrogen-bond acceptors (Lipinski definition) is 3. The molecule has 1 aromatic carbocycles. The quantitative estimate of drug-likeness (QED) is 0.921. The summed E-state index contributed by atoms with van der Waals surface area (Å²) in [4.78, 5) is 24.7. The second-order valence-corrected chi connectivity index (χ2v) is 5.95. The number of amides is 1. The van der Waals surface area contributed by atoms with E-state index >= 15 is 0 Å². The Kier molecular flexibility index (Phi) is 5.24. The highest BCUT2D eigenvalue weighted by molar-refractivity contribution is 6.30. The van der Waals surface area contributed by atoms with Gasteiger partial charge in [0, 0.05) is 19.2 Å². The number of aliphatic carboxylic acids is 1. The van der Waals surface area contributed by atoms with Crippen molar-refractivity contribution in [1.29, 1.82) is 0 Å². The second kappa shape index (κ2) is 6.96. The van der Waals surface area contributed by atoms with Gasteiger partial charge < -0.3 is 14.7 Å². The molecule has 0 saturated carbocycles. The molecule has 5 nitrogen and oxygen atoms in total. The number of nitrogens with zero attached hydrogens (tertiary/aromatic N) is 1. The Hall–Kier alpha value is -1.82. The summed E-state index contributed by atoms with van der Waals surface area (Å²) in [5.41, 5.74) is 0. The van der Waals surface area contributed by atoms with Gasteiger partial charge >= 0.3 is 5.97 Å². The van der Waals surface area contributed by atoms with Gasteiger partial charge in [0.1, 0.15) is 11.6 Å². The molecule has 1 fully saturated rings. The number of carboxylic acid groups (broad SMARTS) is 1. The molecule has 1 aliphatic rings. The molecular weight excluding hydrogens is 313 g/mol. The lowest BCUT2D eigenvalue weighted by atomic mass is 9.90. The highest BCUT2D eigenvalue weighted by Gasteiger charge is 2.31. The fraction of sp³-hybridized carbons (Fsp3) is 0.467. The summed E-state index contributed by atoms with van der Waals surface area (Å²) in [6, 6.07) is 3.84. The zero-order valence-corrected chi connectivity index (χ0v) is 12.8. The Labute approximate surface area is 132 Å².